The van der Waals surface area contributed by atoms with Crippen molar-refractivity contribution >= 4 is 17.9 Å². The molecule has 8 nitrogen and oxygen atoms in total. The molecule has 0 rings (SSSR count). The number of nitrogens with zero attached hydrogens (tertiary/aromatic N) is 1. The molecular weight excluding hydrogens is 266 g/mol. The Kier molecular flexibility index (Phi) is 6.98. The van der Waals surface area contributed by atoms with Gasteiger partial charge in [0.1, 0.15) is 6.54 Å². The van der Waals surface area contributed by atoms with E-state index in [-0.39, 0.29) is 12.5 Å². The van der Waals surface area contributed by atoms with Crippen molar-refractivity contribution in [3.63, 3.8) is 0 Å². The van der Waals surface area contributed by atoms with E-state index in [1.54, 1.807) is 0 Å². The van der Waals surface area contributed by atoms with Gasteiger partial charge in [-0.1, -0.05) is 13.8 Å². The molecule has 1 atom stereocenters. The summed E-state index contributed by atoms with van der Waals surface area (Å²) < 4.78 is 0. The van der Waals surface area contributed by atoms with Crippen LogP contribution in [0.3, 0.4) is 0 Å². The lowest BCUT2D eigenvalue weighted by molar-refractivity contribution is -0.155. The van der Waals surface area contributed by atoms with Gasteiger partial charge in [-0.05, 0) is 12.8 Å². The fourth-order valence-corrected chi connectivity index (χ4v) is 1.12. The van der Waals surface area contributed by atoms with Crippen LogP contribution in [0.15, 0.2) is 0 Å². The number of carboxylic acids is 1. The largest absolute Gasteiger partial charge is 0.479 e. The molecule has 0 saturated heterocycles. The van der Waals surface area contributed by atoms with Gasteiger partial charge >= 0.3 is 12.0 Å². The van der Waals surface area contributed by atoms with E-state index < -0.39 is 24.1 Å². The quantitative estimate of drug-likeness (QED) is 0.491. The SMILES string of the molecule is CC(C)CNC(=O)CN(C)C(=O)NCC(C)(O)C(=O)O. The Morgan fingerprint density at radius 1 is 1.25 bits per heavy atom. The number of likely N-dealkylation sites (N-methyl/N-ethyl adjacent to an activating group) is 1. The Morgan fingerprint density at radius 3 is 2.25 bits per heavy atom. The van der Waals surface area contributed by atoms with Crippen LogP contribution in [0.25, 0.3) is 0 Å². The lowest BCUT2D eigenvalue weighted by Gasteiger charge is -2.22. The van der Waals surface area contributed by atoms with Gasteiger partial charge in [-0.2, -0.15) is 0 Å². The molecule has 0 aliphatic heterocycles. The van der Waals surface area contributed by atoms with Gasteiger partial charge in [0, 0.05) is 13.6 Å². The van der Waals surface area contributed by atoms with Crippen LogP contribution in [-0.4, -0.2) is 65.3 Å². The maximum Gasteiger partial charge on any atom is 0.337 e. The Morgan fingerprint density at radius 2 is 1.80 bits per heavy atom. The minimum absolute atomic E-state index is 0.145. The molecule has 0 aromatic carbocycles. The maximum atomic E-state index is 11.6. The van der Waals surface area contributed by atoms with Crippen molar-refractivity contribution in [2.75, 3.05) is 26.7 Å². The van der Waals surface area contributed by atoms with Gasteiger partial charge in [-0.25, -0.2) is 9.59 Å². The highest BCUT2D eigenvalue weighted by molar-refractivity contribution is 5.84. The smallest absolute Gasteiger partial charge is 0.337 e. The molecule has 0 radical (unpaired) electrons. The highest BCUT2D eigenvalue weighted by Gasteiger charge is 2.30. The van der Waals surface area contributed by atoms with Crippen LogP contribution in [0.1, 0.15) is 20.8 Å². The molecule has 8 heteroatoms. The third-order valence-electron chi connectivity index (χ3n) is 2.48. The fourth-order valence-electron chi connectivity index (χ4n) is 1.12. The van der Waals surface area contributed by atoms with Crippen LogP contribution in [0, 0.1) is 5.92 Å². The van der Waals surface area contributed by atoms with Gasteiger partial charge in [-0.3, -0.25) is 4.79 Å². The summed E-state index contributed by atoms with van der Waals surface area (Å²) in [6.07, 6.45) is 0. The number of carbonyl (C=O) groups is 3. The van der Waals surface area contributed by atoms with Crippen molar-refractivity contribution in [1.29, 1.82) is 0 Å². The predicted octanol–water partition coefficient (Wildman–Crippen LogP) is -0.764. The number of hydrogen-bond donors (Lipinski definition) is 4. The van der Waals surface area contributed by atoms with Crippen LogP contribution in [0.5, 0.6) is 0 Å². The summed E-state index contributed by atoms with van der Waals surface area (Å²) in [6.45, 7) is 4.90. The predicted molar refractivity (Wildman–Crippen MR) is 72.1 cm³/mol. The topological polar surface area (TPSA) is 119 Å². The van der Waals surface area contributed by atoms with E-state index in [1.807, 2.05) is 13.8 Å². The van der Waals surface area contributed by atoms with E-state index in [4.69, 9.17) is 5.11 Å². The molecule has 0 aliphatic carbocycles. The zero-order valence-electron chi connectivity index (χ0n) is 12.3. The zero-order valence-corrected chi connectivity index (χ0v) is 12.3. The van der Waals surface area contributed by atoms with E-state index in [2.05, 4.69) is 10.6 Å². The summed E-state index contributed by atoms with van der Waals surface area (Å²) in [5.41, 5.74) is -2.05. The molecule has 4 N–H and O–H groups in total. The second-order valence-corrected chi connectivity index (χ2v) is 5.29. The van der Waals surface area contributed by atoms with Gasteiger partial charge in [0.15, 0.2) is 5.60 Å². The minimum atomic E-state index is -2.05. The summed E-state index contributed by atoms with van der Waals surface area (Å²) in [7, 11) is 1.40. The highest BCUT2D eigenvalue weighted by atomic mass is 16.4. The van der Waals surface area contributed by atoms with Gasteiger partial charge < -0.3 is 25.7 Å². The summed E-state index contributed by atoms with van der Waals surface area (Å²) in [5.74, 6) is -1.43. The number of hydrogen-bond acceptors (Lipinski definition) is 4. The van der Waals surface area contributed by atoms with E-state index in [0.717, 1.165) is 11.8 Å². The lowest BCUT2D eigenvalue weighted by atomic mass is 10.1. The molecule has 0 aromatic heterocycles. The van der Waals surface area contributed by atoms with Crippen molar-refractivity contribution in [2.45, 2.75) is 26.4 Å². The maximum absolute atomic E-state index is 11.6. The third kappa shape index (κ3) is 6.93. The highest BCUT2D eigenvalue weighted by Crippen LogP contribution is 2.01. The fraction of sp³-hybridized carbons (Fsp3) is 0.750. The summed E-state index contributed by atoms with van der Waals surface area (Å²) in [4.78, 5) is 34.9. The molecular formula is C12H23N3O5. The number of urea groups is 1. The Balaban J connectivity index is 4.16. The van der Waals surface area contributed by atoms with Crippen LogP contribution in [0.2, 0.25) is 0 Å². The van der Waals surface area contributed by atoms with E-state index >= 15 is 0 Å². The number of aliphatic hydroxyl groups is 1. The van der Waals surface area contributed by atoms with Crippen LogP contribution in [-0.2, 0) is 9.59 Å². The van der Waals surface area contributed by atoms with Gasteiger partial charge in [0.2, 0.25) is 5.91 Å². The molecule has 0 spiro atoms. The summed E-state index contributed by atoms with van der Waals surface area (Å²) >= 11 is 0. The second kappa shape index (κ2) is 7.68. The number of carboxylic acid groups (broad SMARTS) is 1. The van der Waals surface area contributed by atoms with Crippen molar-refractivity contribution in [3.8, 4) is 0 Å². The van der Waals surface area contributed by atoms with Gasteiger partial charge in [0.25, 0.3) is 0 Å². The molecule has 0 bridgehead atoms. The molecule has 116 valence electrons. The van der Waals surface area contributed by atoms with Gasteiger partial charge in [-0.15, -0.1) is 0 Å². The first-order valence-corrected chi connectivity index (χ1v) is 6.27. The first-order chi connectivity index (χ1) is 9.06. The molecule has 1 unspecified atom stereocenters. The molecule has 20 heavy (non-hydrogen) atoms. The number of carbonyl (C=O) groups excluding carboxylic acids is 2. The Bertz CT molecular complexity index is 368. The van der Waals surface area contributed by atoms with E-state index in [0.29, 0.717) is 12.5 Å². The zero-order chi connectivity index (χ0) is 15.9. The van der Waals surface area contributed by atoms with Crippen LogP contribution < -0.4 is 10.6 Å². The van der Waals surface area contributed by atoms with Crippen LogP contribution in [0.4, 0.5) is 4.79 Å². The number of aliphatic carboxylic acids is 1. The molecule has 0 saturated carbocycles. The molecule has 0 aliphatic rings. The Labute approximate surface area is 118 Å². The average molecular weight is 289 g/mol. The van der Waals surface area contributed by atoms with Crippen LogP contribution >= 0.6 is 0 Å². The number of rotatable bonds is 7. The van der Waals surface area contributed by atoms with E-state index in [1.165, 1.54) is 7.05 Å². The van der Waals surface area contributed by atoms with Gasteiger partial charge in [0.05, 0.1) is 6.54 Å². The third-order valence-corrected chi connectivity index (χ3v) is 2.48. The first kappa shape index (κ1) is 18.2. The number of amides is 3. The standard InChI is InChI=1S/C12H23N3O5/c1-8(2)5-13-9(16)6-15(4)11(19)14-7-12(3,20)10(17)18/h8,20H,5-7H2,1-4H3,(H,13,16)(H,14,19)(H,17,18). The molecule has 0 aromatic rings. The monoisotopic (exact) mass is 289 g/mol. The first-order valence-electron chi connectivity index (χ1n) is 6.27. The normalized spacial score (nSPS) is 13.5. The second-order valence-electron chi connectivity index (χ2n) is 5.29. The summed E-state index contributed by atoms with van der Waals surface area (Å²) in [5, 5.41) is 23.0. The molecule has 0 heterocycles. The molecule has 3 amide bonds. The average Bonchev–Trinajstić information content (AvgIpc) is 2.33. The number of nitrogens with one attached hydrogen (secondary N) is 2. The van der Waals surface area contributed by atoms with Crippen molar-refractivity contribution in [1.82, 2.24) is 15.5 Å². The summed E-state index contributed by atoms with van der Waals surface area (Å²) in [6, 6.07) is -0.633. The lowest BCUT2D eigenvalue weighted by Crippen LogP contribution is -2.50. The molecule has 0 fully saturated rings. The van der Waals surface area contributed by atoms with E-state index in [9.17, 15) is 19.5 Å². The van der Waals surface area contributed by atoms with Crippen molar-refractivity contribution < 1.29 is 24.6 Å². The Hall–Kier alpha value is -1.83. The minimum Gasteiger partial charge on any atom is -0.479 e. The van der Waals surface area contributed by atoms with Crippen molar-refractivity contribution in [2.24, 2.45) is 5.92 Å². The van der Waals surface area contributed by atoms with Crippen molar-refractivity contribution in [3.05, 3.63) is 0 Å².